The van der Waals surface area contributed by atoms with Gasteiger partial charge in [0.25, 0.3) is 10.0 Å². The van der Waals surface area contributed by atoms with Crippen molar-refractivity contribution in [1.82, 2.24) is 4.90 Å². The molecule has 10 nitrogen and oxygen atoms in total. The number of fused-ring (bicyclic) bond motifs is 1. The first-order valence-electron chi connectivity index (χ1n) is 10.7. The lowest BCUT2D eigenvalue weighted by Gasteiger charge is -2.39. The Kier molecular flexibility index (Phi) is 6.40. The van der Waals surface area contributed by atoms with E-state index in [1.807, 2.05) is 6.92 Å². The van der Waals surface area contributed by atoms with Gasteiger partial charge in [-0.1, -0.05) is 19.1 Å². The maximum absolute atomic E-state index is 13.4. The summed E-state index contributed by atoms with van der Waals surface area (Å²) in [4.78, 5) is 27.6. The summed E-state index contributed by atoms with van der Waals surface area (Å²) >= 11 is 0. The van der Waals surface area contributed by atoms with Gasteiger partial charge < -0.3 is 10.2 Å². The van der Waals surface area contributed by atoms with Crippen LogP contribution in [0.1, 0.15) is 25.3 Å². The molecule has 4 rings (SSSR count). The largest absolute Gasteiger partial charge is 0.341 e. The van der Waals surface area contributed by atoms with Gasteiger partial charge >= 0.3 is 0 Å². The molecule has 2 aliphatic heterocycles. The SMILES string of the molecule is CC[C@@H]1CC(=O)C(C2=NS(=O)(=O)c3cc(NS(C)(=O)=O)ccc3N2)C(=O)N1Cc1ccc(F)cc1. The van der Waals surface area contributed by atoms with Crippen molar-refractivity contribution in [2.24, 2.45) is 10.3 Å². The summed E-state index contributed by atoms with van der Waals surface area (Å²) in [6, 6.07) is 9.03. The molecule has 0 radical (unpaired) electrons. The number of nitrogens with zero attached hydrogens (tertiary/aromatic N) is 2. The van der Waals surface area contributed by atoms with E-state index in [4.69, 9.17) is 0 Å². The lowest BCUT2D eigenvalue weighted by molar-refractivity contribution is -0.146. The minimum absolute atomic E-state index is 0.0128. The number of hydrogen-bond donors (Lipinski definition) is 2. The molecule has 0 aliphatic carbocycles. The zero-order valence-electron chi connectivity index (χ0n) is 18.9. The number of ketones is 1. The Morgan fingerprint density at radius 3 is 2.49 bits per heavy atom. The number of Topliss-reactive ketones (excluding diaryl/α,β-unsaturated/α-hetero) is 1. The molecule has 1 unspecified atom stereocenters. The summed E-state index contributed by atoms with van der Waals surface area (Å²) in [6.45, 7) is 1.96. The molecule has 2 aromatic rings. The maximum atomic E-state index is 13.4. The van der Waals surface area contributed by atoms with Gasteiger partial charge in [0, 0.05) is 24.7 Å². The first-order chi connectivity index (χ1) is 16.4. The lowest BCUT2D eigenvalue weighted by Crippen LogP contribution is -2.55. The normalized spacial score (nSPS) is 21.7. The fourth-order valence-corrected chi connectivity index (χ4v) is 5.89. The third kappa shape index (κ3) is 5.20. The van der Waals surface area contributed by atoms with E-state index >= 15 is 0 Å². The molecule has 35 heavy (non-hydrogen) atoms. The third-order valence-corrected chi connectivity index (χ3v) is 7.72. The van der Waals surface area contributed by atoms with Crippen LogP contribution in [0.2, 0.25) is 0 Å². The van der Waals surface area contributed by atoms with Crippen molar-refractivity contribution in [3.8, 4) is 0 Å². The Morgan fingerprint density at radius 2 is 1.86 bits per heavy atom. The highest BCUT2D eigenvalue weighted by Crippen LogP contribution is 2.34. The van der Waals surface area contributed by atoms with Crippen molar-refractivity contribution < 1.29 is 30.8 Å². The van der Waals surface area contributed by atoms with Crippen LogP contribution in [0.3, 0.4) is 0 Å². The molecule has 13 heteroatoms. The second-order valence-electron chi connectivity index (χ2n) is 8.42. The highest BCUT2D eigenvalue weighted by molar-refractivity contribution is 7.92. The van der Waals surface area contributed by atoms with Gasteiger partial charge in [0.2, 0.25) is 15.9 Å². The fourth-order valence-electron chi connectivity index (χ4n) is 4.15. The molecule has 0 bridgehead atoms. The molecule has 2 aliphatic rings. The molecule has 0 aromatic heterocycles. The Labute approximate surface area is 202 Å². The number of nitrogens with one attached hydrogen (secondary N) is 2. The number of anilines is 2. The first kappa shape index (κ1) is 24.8. The number of halogens is 1. The van der Waals surface area contributed by atoms with Gasteiger partial charge in [0.15, 0.2) is 11.7 Å². The minimum Gasteiger partial charge on any atom is -0.341 e. The third-order valence-electron chi connectivity index (χ3n) is 5.78. The van der Waals surface area contributed by atoms with Gasteiger partial charge in [-0.2, -0.15) is 8.42 Å². The number of carbonyl (C=O) groups is 2. The summed E-state index contributed by atoms with van der Waals surface area (Å²) in [5.41, 5.74) is 0.752. The van der Waals surface area contributed by atoms with Crippen LogP contribution < -0.4 is 10.0 Å². The van der Waals surface area contributed by atoms with E-state index in [-0.39, 0.29) is 35.1 Å². The van der Waals surface area contributed by atoms with Crippen molar-refractivity contribution in [2.45, 2.75) is 37.2 Å². The molecule has 2 heterocycles. The molecular formula is C22H23FN4O6S2. The lowest BCUT2D eigenvalue weighted by atomic mass is 9.87. The average Bonchev–Trinajstić information content (AvgIpc) is 2.76. The highest BCUT2D eigenvalue weighted by atomic mass is 32.2. The Balaban J connectivity index is 1.67. The first-order valence-corrected chi connectivity index (χ1v) is 14.0. The molecule has 186 valence electrons. The summed E-state index contributed by atoms with van der Waals surface area (Å²) in [5, 5.41) is 2.77. The van der Waals surface area contributed by atoms with Crippen molar-refractivity contribution in [1.29, 1.82) is 0 Å². The smallest absolute Gasteiger partial charge is 0.286 e. The Morgan fingerprint density at radius 1 is 1.17 bits per heavy atom. The van der Waals surface area contributed by atoms with Crippen LogP contribution in [0.4, 0.5) is 15.8 Å². The molecule has 0 saturated carbocycles. The van der Waals surface area contributed by atoms with E-state index in [9.17, 15) is 30.8 Å². The van der Waals surface area contributed by atoms with Crippen molar-refractivity contribution >= 4 is 48.9 Å². The number of sulfonamides is 2. The summed E-state index contributed by atoms with van der Waals surface area (Å²) < 4.78 is 68.0. The van der Waals surface area contributed by atoms with E-state index < -0.39 is 49.5 Å². The second kappa shape index (κ2) is 9.04. The Bertz CT molecular complexity index is 1440. The zero-order valence-corrected chi connectivity index (χ0v) is 20.5. The van der Waals surface area contributed by atoms with E-state index in [2.05, 4.69) is 14.4 Å². The molecule has 2 N–H and O–H groups in total. The molecule has 1 saturated heterocycles. The highest BCUT2D eigenvalue weighted by Gasteiger charge is 2.45. The topological polar surface area (TPSA) is 142 Å². The Hall–Kier alpha value is -3.32. The average molecular weight is 523 g/mol. The summed E-state index contributed by atoms with van der Waals surface area (Å²) in [7, 11) is -7.98. The van der Waals surface area contributed by atoms with E-state index in [1.54, 1.807) is 12.1 Å². The van der Waals surface area contributed by atoms with Crippen LogP contribution in [0.25, 0.3) is 0 Å². The number of benzene rings is 2. The minimum atomic E-state index is -4.34. The van der Waals surface area contributed by atoms with Gasteiger partial charge in [0.1, 0.15) is 16.5 Å². The number of amidine groups is 1. The van der Waals surface area contributed by atoms with E-state index in [0.717, 1.165) is 12.3 Å². The molecule has 2 aromatic carbocycles. The number of amides is 1. The van der Waals surface area contributed by atoms with Crippen LogP contribution in [0.15, 0.2) is 51.8 Å². The van der Waals surface area contributed by atoms with E-state index in [1.165, 1.54) is 29.2 Å². The van der Waals surface area contributed by atoms with E-state index in [0.29, 0.717) is 12.0 Å². The predicted octanol–water partition coefficient (Wildman–Crippen LogP) is 2.11. The maximum Gasteiger partial charge on any atom is 0.286 e. The monoisotopic (exact) mass is 522 g/mol. The number of hydrogen-bond acceptors (Lipinski definition) is 7. The molecule has 0 spiro atoms. The zero-order chi connectivity index (χ0) is 25.5. The number of carbonyl (C=O) groups excluding carboxylic acids is 2. The number of piperidine rings is 1. The number of likely N-dealkylation sites (tertiary alicyclic amines) is 1. The standard InChI is InChI=1S/C22H23FN4O6S2/c1-3-16-11-18(28)20(22(29)27(16)12-13-4-6-14(23)7-5-13)21-24-17-9-8-15(25-34(2,30)31)10-19(17)35(32,33)26-21/h4-10,16,20,25H,3,11-12H2,1-2H3,(H,24,26)/t16-,20?/m1/s1. The van der Waals surface area contributed by atoms with Gasteiger partial charge in [-0.25, -0.2) is 12.8 Å². The summed E-state index contributed by atoms with van der Waals surface area (Å²) in [6.07, 6.45) is 1.44. The van der Waals surface area contributed by atoms with Crippen LogP contribution >= 0.6 is 0 Å². The van der Waals surface area contributed by atoms with Gasteiger partial charge in [-0.05, 0) is 42.3 Å². The van der Waals surface area contributed by atoms with Crippen molar-refractivity contribution in [3.63, 3.8) is 0 Å². The molecule has 2 atom stereocenters. The summed E-state index contributed by atoms with van der Waals surface area (Å²) in [5.74, 6) is -3.24. The van der Waals surface area contributed by atoms with Gasteiger partial charge in [0.05, 0.1) is 11.9 Å². The fraction of sp³-hybridized carbons (Fsp3) is 0.318. The molecule has 1 amide bonds. The van der Waals surface area contributed by atoms with Crippen molar-refractivity contribution in [3.05, 3.63) is 53.8 Å². The number of rotatable bonds is 6. The van der Waals surface area contributed by atoms with Crippen LogP contribution in [0.5, 0.6) is 0 Å². The second-order valence-corrected chi connectivity index (χ2v) is 11.7. The van der Waals surface area contributed by atoms with Gasteiger partial charge in [-0.15, -0.1) is 4.40 Å². The van der Waals surface area contributed by atoms with Crippen molar-refractivity contribution in [2.75, 3.05) is 16.3 Å². The quantitative estimate of drug-likeness (QED) is 0.553. The van der Waals surface area contributed by atoms with Gasteiger partial charge in [-0.3, -0.25) is 14.3 Å². The van der Waals surface area contributed by atoms with Crippen LogP contribution in [0, 0.1) is 11.7 Å². The van der Waals surface area contributed by atoms with Crippen LogP contribution in [-0.4, -0.2) is 51.6 Å². The predicted molar refractivity (Wildman–Crippen MR) is 127 cm³/mol. The molecule has 1 fully saturated rings. The molecular weight excluding hydrogens is 499 g/mol. The van der Waals surface area contributed by atoms with Crippen LogP contribution in [-0.2, 0) is 36.2 Å².